The second-order valence-corrected chi connectivity index (χ2v) is 9.91. The highest BCUT2D eigenvalue weighted by atomic mass is 32.2. The standard InChI is InChI=1S/C20H20N2O4S2/c1-14-16-6-2-3-7-18(16)27-20(14)17(23)13-21-12-15(8-9-19(21)24)28(25,26)22-10-4-5-11-22/h2-3,6-9,12H,4-5,10-11,13H2,1H3. The summed E-state index contributed by atoms with van der Waals surface area (Å²) in [5.74, 6) is -0.198. The smallest absolute Gasteiger partial charge is 0.251 e. The van der Waals surface area contributed by atoms with Crippen molar-refractivity contribution < 1.29 is 13.2 Å². The van der Waals surface area contributed by atoms with Gasteiger partial charge in [-0.2, -0.15) is 4.31 Å². The van der Waals surface area contributed by atoms with Gasteiger partial charge in [-0.15, -0.1) is 11.3 Å². The molecule has 0 amide bonds. The molecule has 0 bridgehead atoms. The van der Waals surface area contributed by atoms with Crippen LogP contribution < -0.4 is 5.56 Å². The third kappa shape index (κ3) is 3.32. The van der Waals surface area contributed by atoms with Gasteiger partial charge >= 0.3 is 0 Å². The number of rotatable bonds is 5. The number of thiophene rings is 1. The molecule has 6 nitrogen and oxygen atoms in total. The molecule has 0 saturated carbocycles. The maximum Gasteiger partial charge on any atom is 0.251 e. The molecule has 8 heteroatoms. The van der Waals surface area contributed by atoms with E-state index in [0.717, 1.165) is 28.5 Å². The maximum absolute atomic E-state index is 12.9. The average Bonchev–Trinajstić information content (AvgIpc) is 3.33. The predicted molar refractivity (Wildman–Crippen MR) is 110 cm³/mol. The van der Waals surface area contributed by atoms with Crippen molar-refractivity contribution in [1.82, 2.24) is 8.87 Å². The first kappa shape index (κ1) is 19.0. The predicted octanol–water partition coefficient (Wildman–Crippen LogP) is 3.04. The minimum atomic E-state index is -3.64. The molecule has 28 heavy (non-hydrogen) atoms. The van der Waals surface area contributed by atoms with Crippen LogP contribution in [0.5, 0.6) is 0 Å². The number of aromatic nitrogens is 1. The summed E-state index contributed by atoms with van der Waals surface area (Å²) in [4.78, 5) is 25.8. The molecular formula is C20H20N2O4S2. The first-order valence-electron chi connectivity index (χ1n) is 9.10. The fourth-order valence-corrected chi connectivity index (χ4v) is 6.21. The molecule has 1 aliphatic heterocycles. The molecular weight excluding hydrogens is 396 g/mol. The molecule has 0 N–H and O–H groups in total. The van der Waals surface area contributed by atoms with Crippen LogP contribution in [0.15, 0.2) is 52.3 Å². The second kappa shape index (κ2) is 7.27. The number of ketones is 1. The lowest BCUT2D eigenvalue weighted by molar-refractivity contribution is 0.0974. The van der Waals surface area contributed by atoms with Crippen molar-refractivity contribution in [3.8, 4) is 0 Å². The molecule has 1 saturated heterocycles. The van der Waals surface area contributed by atoms with E-state index in [2.05, 4.69) is 0 Å². The molecule has 146 valence electrons. The van der Waals surface area contributed by atoms with E-state index in [1.165, 1.54) is 38.5 Å². The summed E-state index contributed by atoms with van der Waals surface area (Å²) in [5.41, 5.74) is 0.493. The van der Waals surface area contributed by atoms with E-state index in [4.69, 9.17) is 0 Å². The van der Waals surface area contributed by atoms with Crippen molar-refractivity contribution >= 4 is 37.2 Å². The molecule has 0 radical (unpaired) electrons. The van der Waals surface area contributed by atoms with Gasteiger partial charge in [0.05, 0.1) is 16.3 Å². The number of pyridine rings is 1. The van der Waals surface area contributed by atoms with Gasteiger partial charge in [-0.1, -0.05) is 18.2 Å². The summed E-state index contributed by atoms with van der Waals surface area (Å²) in [6.45, 7) is 2.68. The van der Waals surface area contributed by atoms with Crippen molar-refractivity contribution in [3.63, 3.8) is 0 Å². The second-order valence-electron chi connectivity index (χ2n) is 6.92. The Hall–Kier alpha value is -2.29. The van der Waals surface area contributed by atoms with E-state index in [1.807, 2.05) is 31.2 Å². The van der Waals surface area contributed by atoms with Gasteiger partial charge in [-0.05, 0) is 42.8 Å². The average molecular weight is 417 g/mol. The number of fused-ring (bicyclic) bond motifs is 1. The summed E-state index contributed by atoms with van der Waals surface area (Å²) >= 11 is 1.40. The molecule has 0 unspecified atom stereocenters. The van der Waals surface area contributed by atoms with Gasteiger partial charge in [0.25, 0.3) is 5.56 Å². The number of nitrogens with zero attached hydrogens (tertiary/aromatic N) is 2. The Labute approximate surface area is 167 Å². The Morgan fingerprint density at radius 1 is 1.11 bits per heavy atom. The van der Waals surface area contributed by atoms with Gasteiger partial charge in [0.15, 0.2) is 5.78 Å². The molecule has 0 atom stereocenters. The van der Waals surface area contributed by atoms with Crippen LogP contribution in [-0.2, 0) is 16.6 Å². The Bertz CT molecular complexity index is 1220. The summed E-state index contributed by atoms with van der Waals surface area (Å²) in [7, 11) is -3.64. The highest BCUT2D eigenvalue weighted by Crippen LogP contribution is 2.31. The third-order valence-corrected chi connectivity index (χ3v) is 8.27. The minimum absolute atomic E-state index is 0.0508. The number of benzene rings is 1. The van der Waals surface area contributed by atoms with Gasteiger partial charge in [0, 0.05) is 30.1 Å². The van der Waals surface area contributed by atoms with Crippen LogP contribution in [0.1, 0.15) is 28.1 Å². The topological polar surface area (TPSA) is 76.5 Å². The van der Waals surface area contributed by atoms with Crippen LogP contribution in [0.25, 0.3) is 10.1 Å². The van der Waals surface area contributed by atoms with E-state index in [-0.39, 0.29) is 17.2 Å². The quantitative estimate of drug-likeness (QED) is 0.599. The lowest BCUT2D eigenvalue weighted by Gasteiger charge is -2.16. The van der Waals surface area contributed by atoms with Gasteiger partial charge in [0.2, 0.25) is 10.0 Å². The van der Waals surface area contributed by atoms with Gasteiger partial charge in [-0.3, -0.25) is 9.59 Å². The lowest BCUT2D eigenvalue weighted by Crippen LogP contribution is -2.30. The van der Waals surface area contributed by atoms with Gasteiger partial charge in [-0.25, -0.2) is 8.42 Å². The van der Waals surface area contributed by atoms with Crippen molar-refractivity contribution in [2.24, 2.45) is 0 Å². The summed E-state index contributed by atoms with van der Waals surface area (Å²) in [6.07, 6.45) is 2.96. The van der Waals surface area contributed by atoms with Gasteiger partial charge < -0.3 is 4.57 Å². The lowest BCUT2D eigenvalue weighted by atomic mass is 10.1. The Balaban J connectivity index is 1.66. The van der Waals surface area contributed by atoms with E-state index in [9.17, 15) is 18.0 Å². The van der Waals surface area contributed by atoms with E-state index in [1.54, 1.807) is 0 Å². The van der Waals surface area contributed by atoms with Crippen LogP contribution >= 0.6 is 11.3 Å². The van der Waals surface area contributed by atoms with Crippen molar-refractivity contribution in [3.05, 3.63) is 63.4 Å². The van der Waals surface area contributed by atoms with E-state index < -0.39 is 15.6 Å². The fourth-order valence-electron chi connectivity index (χ4n) is 3.53. The number of sulfonamides is 1. The molecule has 3 aromatic rings. The zero-order valence-corrected chi connectivity index (χ0v) is 17.1. The monoisotopic (exact) mass is 416 g/mol. The molecule has 1 aliphatic rings. The molecule has 0 spiro atoms. The summed E-state index contributed by atoms with van der Waals surface area (Å²) < 4.78 is 29.1. The highest BCUT2D eigenvalue weighted by Gasteiger charge is 2.28. The number of hydrogen-bond donors (Lipinski definition) is 0. The SMILES string of the molecule is Cc1c(C(=O)Cn2cc(S(=O)(=O)N3CCCC3)ccc2=O)sc2ccccc12. The molecule has 0 aliphatic carbocycles. The van der Waals surface area contributed by atoms with E-state index in [0.29, 0.717) is 18.0 Å². The number of aryl methyl sites for hydroxylation is 1. The fraction of sp³-hybridized carbons (Fsp3) is 0.300. The van der Waals surface area contributed by atoms with Crippen LogP contribution in [0.2, 0.25) is 0 Å². The zero-order chi connectivity index (χ0) is 19.9. The van der Waals surface area contributed by atoms with Crippen LogP contribution in [0.3, 0.4) is 0 Å². The van der Waals surface area contributed by atoms with Crippen molar-refractivity contribution in [2.45, 2.75) is 31.2 Å². The van der Waals surface area contributed by atoms with E-state index >= 15 is 0 Å². The minimum Gasteiger partial charge on any atom is -0.306 e. The first-order valence-corrected chi connectivity index (χ1v) is 11.4. The normalized spacial score (nSPS) is 15.3. The van der Waals surface area contributed by atoms with Gasteiger partial charge in [0.1, 0.15) is 0 Å². The highest BCUT2D eigenvalue weighted by molar-refractivity contribution is 7.89. The van der Waals surface area contributed by atoms with Crippen molar-refractivity contribution in [2.75, 3.05) is 13.1 Å². The Morgan fingerprint density at radius 2 is 1.82 bits per heavy atom. The largest absolute Gasteiger partial charge is 0.306 e. The van der Waals surface area contributed by atoms with Crippen LogP contribution in [0, 0.1) is 6.92 Å². The molecule has 3 heterocycles. The number of Topliss-reactive ketones (excluding diaryl/α,β-unsaturated/α-hetero) is 1. The van der Waals surface area contributed by atoms with Crippen LogP contribution in [-0.4, -0.2) is 36.2 Å². The summed E-state index contributed by atoms with van der Waals surface area (Å²) in [5, 5.41) is 1.02. The molecule has 1 fully saturated rings. The Kier molecular flexibility index (Phi) is 4.95. The first-order chi connectivity index (χ1) is 13.4. The molecule has 2 aromatic heterocycles. The number of hydrogen-bond acceptors (Lipinski definition) is 5. The third-order valence-electron chi connectivity index (χ3n) is 5.07. The Morgan fingerprint density at radius 3 is 2.54 bits per heavy atom. The number of carbonyl (C=O) groups is 1. The zero-order valence-electron chi connectivity index (χ0n) is 15.4. The summed E-state index contributed by atoms with van der Waals surface area (Å²) in [6, 6.07) is 10.3. The number of carbonyl (C=O) groups excluding carboxylic acids is 1. The maximum atomic E-state index is 12.9. The van der Waals surface area contributed by atoms with Crippen molar-refractivity contribution in [1.29, 1.82) is 0 Å². The molecule has 4 rings (SSSR count). The molecule has 1 aromatic carbocycles. The van der Waals surface area contributed by atoms with Crippen LogP contribution in [0.4, 0.5) is 0 Å².